The Morgan fingerprint density at radius 3 is 2.54 bits per heavy atom. The first-order chi connectivity index (χ1) is 5.95. The lowest BCUT2D eigenvalue weighted by Gasteiger charge is -2.19. The summed E-state index contributed by atoms with van der Waals surface area (Å²) >= 11 is 0. The van der Waals surface area contributed by atoms with Crippen LogP contribution in [0.25, 0.3) is 0 Å². The molecule has 0 aromatic rings. The highest BCUT2D eigenvalue weighted by Gasteiger charge is 2.33. The SMILES string of the molecule is CCC(C(=O)O)P(C)(=O)OCCN. The molecule has 0 saturated heterocycles. The zero-order valence-corrected chi connectivity index (χ0v) is 8.79. The van der Waals surface area contributed by atoms with Gasteiger partial charge in [-0.1, -0.05) is 6.92 Å². The topological polar surface area (TPSA) is 89.6 Å². The molecule has 5 nitrogen and oxygen atoms in total. The second-order valence-electron chi connectivity index (χ2n) is 2.79. The van der Waals surface area contributed by atoms with Gasteiger partial charge in [-0.3, -0.25) is 9.36 Å². The smallest absolute Gasteiger partial charge is 0.316 e. The van der Waals surface area contributed by atoms with Crippen LogP contribution in [-0.4, -0.2) is 36.6 Å². The minimum Gasteiger partial charge on any atom is -0.481 e. The van der Waals surface area contributed by atoms with Crippen molar-refractivity contribution in [3.63, 3.8) is 0 Å². The molecule has 78 valence electrons. The Morgan fingerprint density at radius 1 is 1.69 bits per heavy atom. The normalized spacial score (nSPS) is 17.8. The summed E-state index contributed by atoms with van der Waals surface area (Å²) in [6.45, 7) is 3.39. The molecule has 2 unspecified atom stereocenters. The number of hydrogen-bond acceptors (Lipinski definition) is 4. The van der Waals surface area contributed by atoms with Crippen molar-refractivity contribution in [3.8, 4) is 0 Å². The largest absolute Gasteiger partial charge is 0.481 e. The summed E-state index contributed by atoms with van der Waals surface area (Å²) in [6, 6.07) is 0. The third-order valence-corrected chi connectivity index (χ3v) is 4.12. The van der Waals surface area contributed by atoms with Crippen LogP contribution in [-0.2, 0) is 13.9 Å². The van der Waals surface area contributed by atoms with Crippen molar-refractivity contribution in [1.82, 2.24) is 0 Å². The number of hydrogen-bond donors (Lipinski definition) is 2. The first-order valence-corrected chi connectivity index (χ1v) is 6.24. The van der Waals surface area contributed by atoms with Crippen LogP contribution in [0.2, 0.25) is 0 Å². The first kappa shape index (κ1) is 12.6. The van der Waals surface area contributed by atoms with Crippen LogP contribution in [0, 0.1) is 0 Å². The predicted molar refractivity (Wildman–Crippen MR) is 50.3 cm³/mol. The van der Waals surface area contributed by atoms with Gasteiger partial charge in [0, 0.05) is 13.2 Å². The van der Waals surface area contributed by atoms with Crippen molar-refractivity contribution in [2.75, 3.05) is 19.8 Å². The Balaban J connectivity index is 4.39. The predicted octanol–water partition coefficient (Wildman–Crippen LogP) is 0.733. The lowest BCUT2D eigenvalue weighted by atomic mass is 10.3. The van der Waals surface area contributed by atoms with Crippen molar-refractivity contribution in [2.24, 2.45) is 5.73 Å². The Hall–Kier alpha value is -0.380. The molecule has 0 heterocycles. The lowest BCUT2D eigenvalue weighted by molar-refractivity contribution is -0.136. The van der Waals surface area contributed by atoms with Crippen LogP contribution in [0.15, 0.2) is 0 Å². The summed E-state index contributed by atoms with van der Waals surface area (Å²) in [5, 5.41) is 8.72. The van der Waals surface area contributed by atoms with Crippen molar-refractivity contribution < 1.29 is 19.0 Å². The molecule has 0 aromatic carbocycles. The minimum atomic E-state index is -3.05. The fourth-order valence-corrected chi connectivity index (χ4v) is 2.74. The molecule has 0 bridgehead atoms. The van der Waals surface area contributed by atoms with Crippen LogP contribution >= 0.6 is 7.37 Å². The van der Waals surface area contributed by atoms with Crippen molar-refractivity contribution >= 4 is 13.3 Å². The molecular formula is C7H16NO4P. The number of nitrogens with two attached hydrogens (primary N) is 1. The average Bonchev–Trinajstić information content (AvgIpc) is 2.01. The molecule has 13 heavy (non-hydrogen) atoms. The first-order valence-electron chi connectivity index (χ1n) is 4.10. The standard InChI is InChI=1S/C7H16NO4P/c1-3-6(7(9)10)13(2,11)12-5-4-8/h6H,3-5,8H2,1-2H3,(H,9,10). The third kappa shape index (κ3) is 3.89. The zero-order valence-electron chi connectivity index (χ0n) is 7.90. The van der Waals surface area contributed by atoms with E-state index in [2.05, 4.69) is 0 Å². The highest BCUT2D eigenvalue weighted by molar-refractivity contribution is 7.59. The van der Waals surface area contributed by atoms with Crippen LogP contribution in [0.1, 0.15) is 13.3 Å². The number of aliphatic carboxylic acids is 1. The molecule has 0 radical (unpaired) electrons. The van der Waals surface area contributed by atoms with Gasteiger partial charge in [0.25, 0.3) is 0 Å². The van der Waals surface area contributed by atoms with Gasteiger partial charge >= 0.3 is 5.97 Å². The van der Waals surface area contributed by atoms with Crippen LogP contribution in [0.5, 0.6) is 0 Å². The van der Waals surface area contributed by atoms with E-state index in [1.807, 2.05) is 0 Å². The summed E-state index contributed by atoms with van der Waals surface area (Å²) in [5.41, 5.74) is 4.24. The van der Waals surface area contributed by atoms with E-state index in [4.69, 9.17) is 15.4 Å². The fourth-order valence-electron chi connectivity index (χ4n) is 1.03. The van der Waals surface area contributed by atoms with Gasteiger partial charge in [-0.05, 0) is 6.42 Å². The van der Waals surface area contributed by atoms with E-state index in [1.165, 1.54) is 6.66 Å². The highest BCUT2D eigenvalue weighted by atomic mass is 31.2. The van der Waals surface area contributed by atoms with Crippen molar-refractivity contribution in [1.29, 1.82) is 0 Å². The van der Waals surface area contributed by atoms with E-state index in [0.29, 0.717) is 6.42 Å². The van der Waals surface area contributed by atoms with Crippen molar-refractivity contribution in [2.45, 2.75) is 19.0 Å². The Kier molecular flexibility index (Phi) is 5.21. The Labute approximate surface area is 77.7 Å². The molecule has 0 fully saturated rings. The summed E-state index contributed by atoms with van der Waals surface area (Å²) in [7, 11) is -3.05. The molecule has 6 heteroatoms. The molecule has 2 atom stereocenters. The molecule has 0 spiro atoms. The van der Waals surface area contributed by atoms with Gasteiger partial charge in [0.05, 0.1) is 6.61 Å². The Morgan fingerprint density at radius 2 is 2.23 bits per heavy atom. The van der Waals surface area contributed by atoms with Crippen LogP contribution in [0.4, 0.5) is 0 Å². The van der Waals surface area contributed by atoms with E-state index in [9.17, 15) is 9.36 Å². The number of carboxylic acids is 1. The fraction of sp³-hybridized carbons (Fsp3) is 0.857. The van der Waals surface area contributed by atoms with Crippen molar-refractivity contribution in [3.05, 3.63) is 0 Å². The van der Waals surface area contributed by atoms with E-state index < -0.39 is 19.0 Å². The average molecular weight is 209 g/mol. The summed E-state index contributed by atoms with van der Waals surface area (Å²) in [5.74, 6) is -1.08. The molecule has 0 amide bonds. The molecule has 3 N–H and O–H groups in total. The summed E-state index contributed by atoms with van der Waals surface area (Å²) < 4.78 is 16.6. The van der Waals surface area contributed by atoms with E-state index in [-0.39, 0.29) is 13.2 Å². The molecular weight excluding hydrogens is 193 g/mol. The molecule has 0 aromatic heterocycles. The number of carbonyl (C=O) groups is 1. The highest BCUT2D eigenvalue weighted by Crippen LogP contribution is 2.49. The van der Waals surface area contributed by atoms with Crippen LogP contribution < -0.4 is 5.73 Å². The van der Waals surface area contributed by atoms with Gasteiger partial charge in [-0.15, -0.1) is 0 Å². The quantitative estimate of drug-likeness (QED) is 0.629. The molecule has 0 rings (SSSR count). The maximum Gasteiger partial charge on any atom is 0.316 e. The maximum absolute atomic E-state index is 11.7. The van der Waals surface area contributed by atoms with Gasteiger partial charge in [0.2, 0.25) is 7.37 Å². The minimum absolute atomic E-state index is 0.136. The van der Waals surface area contributed by atoms with Gasteiger partial charge in [0.15, 0.2) is 0 Å². The zero-order chi connectivity index (χ0) is 10.5. The molecule has 0 aliphatic rings. The Bertz CT molecular complexity index is 219. The van der Waals surface area contributed by atoms with E-state index >= 15 is 0 Å². The monoisotopic (exact) mass is 209 g/mol. The van der Waals surface area contributed by atoms with Gasteiger partial charge in [-0.2, -0.15) is 0 Å². The van der Waals surface area contributed by atoms with E-state index in [0.717, 1.165) is 0 Å². The molecule has 0 aliphatic carbocycles. The summed E-state index contributed by atoms with van der Waals surface area (Å²) in [6.07, 6.45) is 0.299. The van der Waals surface area contributed by atoms with Gasteiger partial charge in [0.1, 0.15) is 5.66 Å². The second-order valence-corrected chi connectivity index (χ2v) is 5.49. The van der Waals surface area contributed by atoms with E-state index in [1.54, 1.807) is 6.92 Å². The molecule has 0 saturated carbocycles. The lowest BCUT2D eigenvalue weighted by Crippen LogP contribution is -2.21. The van der Waals surface area contributed by atoms with Gasteiger partial charge < -0.3 is 15.4 Å². The third-order valence-electron chi connectivity index (χ3n) is 1.70. The number of carboxylic acid groups (broad SMARTS) is 1. The summed E-state index contributed by atoms with van der Waals surface area (Å²) in [4.78, 5) is 10.7. The molecule has 0 aliphatic heterocycles. The second kappa shape index (κ2) is 5.37. The maximum atomic E-state index is 11.7. The van der Waals surface area contributed by atoms with Gasteiger partial charge in [-0.25, -0.2) is 0 Å². The van der Waals surface area contributed by atoms with Crippen LogP contribution in [0.3, 0.4) is 0 Å². The number of rotatable bonds is 6.